The molecule has 2 aliphatic rings. The maximum Gasteiger partial charge on any atom is 0.162 e. The standard InChI is InChI=1S/C14H22O3/c1-2-3-12-13(15)8-11(9-14(12)16)10-4-6-17-7-5-10/h10-11,15H,2-9H2,1H3. The fourth-order valence-electron chi connectivity index (χ4n) is 3.02. The number of carbonyl (C=O) groups is 1. The molecule has 1 aliphatic heterocycles. The summed E-state index contributed by atoms with van der Waals surface area (Å²) >= 11 is 0. The Morgan fingerprint density at radius 3 is 2.53 bits per heavy atom. The molecule has 1 atom stereocenters. The summed E-state index contributed by atoms with van der Waals surface area (Å²) in [6.07, 6.45) is 5.05. The van der Waals surface area contributed by atoms with E-state index in [1.54, 1.807) is 0 Å². The maximum atomic E-state index is 12.0. The lowest BCUT2D eigenvalue weighted by Gasteiger charge is -2.32. The van der Waals surface area contributed by atoms with Crippen molar-refractivity contribution in [3.8, 4) is 0 Å². The van der Waals surface area contributed by atoms with Crippen molar-refractivity contribution in [2.45, 2.75) is 45.4 Å². The lowest BCUT2D eigenvalue weighted by Crippen LogP contribution is -2.29. The van der Waals surface area contributed by atoms with Gasteiger partial charge >= 0.3 is 0 Å². The first-order valence-corrected chi connectivity index (χ1v) is 6.74. The molecular formula is C14H22O3. The largest absolute Gasteiger partial charge is 0.512 e. The average Bonchev–Trinajstić information content (AvgIpc) is 2.35. The number of hydrogen-bond donors (Lipinski definition) is 1. The van der Waals surface area contributed by atoms with Crippen LogP contribution in [-0.4, -0.2) is 24.1 Å². The minimum Gasteiger partial charge on any atom is -0.512 e. The maximum absolute atomic E-state index is 12.0. The Morgan fingerprint density at radius 2 is 1.94 bits per heavy atom. The van der Waals surface area contributed by atoms with Crippen LogP contribution in [0.4, 0.5) is 0 Å². The third-order valence-corrected chi connectivity index (χ3v) is 4.02. The van der Waals surface area contributed by atoms with Gasteiger partial charge in [0, 0.05) is 31.6 Å². The SMILES string of the molecule is CCCC1=C(O)CC(C2CCOCC2)CC1=O. The van der Waals surface area contributed by atoms with E-state index < -0.39 is 0 Å². The first-order chi connectivity index (χ1) is 8.22. The van der Waals surface area contributed by atoms with Gasteiger partial charge in [-0.1, -0.05) is 13.3 Å². The molecule has 3 nitrogen and oxygen atoms in total. The van der Waals surface area contributed by atoms with Crippen LogP contribution in [0.1, 0.15) is 45.4 Å². The Kier molecular flexibility index (Phi) is 4.21. The van der Waals surface area contributed by atoms with Crippen molar-refractivity contribution >= 4 is 5.78 Å². The van der Waals surface area contributed by atoms with Crippen LogP contribution in [0.5, 0.6) is 0 Å². The normalized spacial score (nSPS) is 27.6. The predicted molar refractivity (Wildman–Crippen MR) is 65.8 cm³/mol. The average molecular weight is 238 g/mol. The first-order valence-electron chi connectivity index (χ1n) is 6.74. The van der Waals surface area contributed by atoms with Crippen LogP contribution in [0.3, 0.4) is 0 Å². The highest BCUT2D eigenvalue weighted by Crippen LogP contribution is 2.36. The molecule has 17 heavy (non-hydrogen) atoms. The van der Waals surface area contributed by atoms with Gasteiger partial charge < -0.3 is 9.84 Å². The molecule has 1 unspecified atom stereocenters. The molecule has 0 spiro atoms. The summed E-state index contributed by atoms with van der Waals surface area (Å²) in [5.74, 6) is 1.43. The van der Waals surface area contributed by atoms with Crippen molar-refractivity contribution in [1.82, 2.24) is 0 Å². The first kappa shape index (κ1) is 12.6. The zero-order valence-electron chi connectivity index (χ0n) is 10.6. The van der Waals surface area contributed by atoms with Crippen LogP contribution in [0.25, 0.3) is 0 Å². The van der Waals surface area contributed by atoms with Gasteiger partial charge in [-0.25, -0.2) is 0 Å². The molecule has 1 fully saturated rings. The quantitative estimate of drug-likeness (QED) is 0.822. The van der Waals surface area contributed by atoms with Crippen LogP contribution in [-0.2, 0) is 9.53 Å². The van der Waals surface area contributed by atoms with E-state index in [1.165, 1.54) is 0 Å². The minimum absolute atomic E-state index is 0.173. The Hall–Kier alpha value is -0.830. The summed E-state index contributed by atoms with van der Waals surface area (Å²) in [4.78, 5) is 12.0. The third kappa shape index (κ3) is 2.89. The molecule has 0 aromatic rings. The molecule has 0 amide bonds. The molecule has 2 rings (SSSR count). The number of carbonyl (C=O) groups excluding carboxylic acids is 1. The highest BCUT2D eigenvalue weighted by molar-refractivity contribution is 5.96. The zero-order chi connectivity index (χ0) is 12.3. The van der Waals surface area contributed by atoms with Crippen LogP contribution in [0, 0.1) is 11.8 Å². The minimum atomic E-state index is 0.173. The van der Waals surface area contributed by atoms with E-state index >= 15 is 0 Å². The molecule has 1 N–H and O–H groups in total. The van der Waals surface area contributed by atoms with Crippen LogP contribution in [0.15, 0.2) is 11.3 Å². The Balaban J connectivity index is 2.03. The van der Waals surface area contributed by atoms with Crippen molar-refractivity contribution in [3.05, 3.63) is 11.3 Å². The zero-order valence-corrected chi connectivity index (χ0v) is 10.6. The van der Waals surface area contributed by atoms with Gasteiger partial charge in [-0.05, 0) is 31.1 Å². The summed E-state index contributed by atoms with van der Waals surface area (Å²) in [5, 5.41) is 10.00. The second kappa shape index (κ2) is 5.67. The van der Waals surface area contributed by atoms with Crippen molar-refractivity contribution in [2.24, 2.45) is 11.8 Å². The Bertz CT molecular complexity index is 313. The molecule has 0 aromatic heterocycles. The van der Waals surface area contributed by atoms with Gasteiger partial charge in [0.1, 0.15) is 0 Å². The van der Waals surface area contributed by atoms with Crippen molar-refractivity contribution in [3.63, 3.8) is 0 Å². The van der Waals surface area contributed by atoms with Crippen LogP contribution < -0.4 is 0 Å². The van der Waals surface area contributed by atoms with E-state index in [0.717, 1.165) is 38.9 Å². The van der Waals surface area contributed by atoms with Gasteiger partial charge in [-0.3, -0.25) is 4.79 Å². The third-order valence-electron chi connectivity index (χ3n) is 4.02. The van der Waals surface area contributed by atoms with Gasteiger partial charge in [0.05, 0.1) is 5.76 Å². The molecule has 3 heteroatoms. The predicted octanol–water partition coefficient (Wildman–Crippen LogP) is 3.00. The number of ether oxygens (including phenoxy) is 1. The van der Waals surface area contributed by atoms with E-state index in [4.69, 9.17) is 4.74 Å². The van der Waals surface area contributed by atoms with Gasteiger partial charge in [0.15, 0.2) is 5.78 Å². The summed E-state index contributed by atoms with van der Waals surface area (Å²) in [6.45, 7) is 3.65. The van der Waals surface area contributed by atoms with Crippen molar-refractivity contribution in [2.75, 3.05) is 13.2 Å². The monoisotopic (exact) mass is 238 g/mol. The number of allylic oxidation sites excluding steroid dienone is 2. The molecule has 96 valence electrons. The van der Waals surface area contributed by atoms with Crippen molar-refractivity contribution < 1.29 is 14.6 Å². The Morgan fingerprint density at radius 1 is 1.24 bits per heavy atom. The van der Waals surface area contributed by atoms with E-state index in [9.17, 15) is 9.90 Å². The summed E-state index contributed by atoms with van der Waals surface area (Å²) < 4.78 is 5.34. The summed E-state index contributed by atoms with van der Waals surface area (Å²) in [7, 11) is 0. The number of aliphatic hydroxyl groups is 1. The number of ketones is 1. The molecule has 1 aliphatic carbocycles. The molecule has 1 saturated heterocycles. The highest BCUT2D eigenvalue weighted by Gasteiger charge is 2.32. The lowest BCUT2D eigenvalue weighted by atomic mass is 9.75. The van der Waals surface area contributed by atoms with Crippen LogP contribution >= 0.6 is 0 Å². The molecular weight excluding hydrogens is 216 g/mol. The second-order valence-corrected chi connectivity index (χ2v) is 5.22. The smallest absolute Gasteiger partial charge is 0.162 e. The number of hydrogen-bond acceptors (Lipinski definition) is 3. The topological polar surface area (TPSA) is 46.5 Å². The van der Waals surface area contributed by atoms with Crippen molar-refractivity contribution in [1.29, 1.82) is 0 Å². The van der Waals surface area contributed by atoms with E-state index in [2.05, 4.69) is 0 Å². The second-order valence-electron chi connectivity index (χ2n) is 5.22. The number of aliphatic hydroxyl groups excluding tert-OH is 1. The van der Waals surface area contributed by atoms with Gasteiger partial charge in [0.25, 0.3) is 0 Å². The number of Topliss-reactive ketones (excluding diaryl/α,β-unsaturated/α-hetero) is 1. The molecule has 0 bridgehead atoms. The van der Waals surface area contributed by atoms with Gasteiger partial charge in [-0.15, -0.1) is 0 Å². The van der Waals surface area contributed by atoms with Gasteiger partial charge in [-0.2, -0.15) is 0 Å². The number of rotatable bonds is 3. The van der Waals surface area contributed by atoms with E-state index in [-0.39, 0.29) is 5.78 Å². The summed E-state index contributed by atoms with van der Waals surface area (Å²) in [5.41, 5.74) is 0.691. The molecule has 0 saturated carbocycles. The molecule has 0 radical (unpaired) electrons. The van der Waals surface area contributed by atoms with Gasteiger partial charge in [0.2, 0.25) is 0 Å². The Labute approximate surface area is 103 Å². The van der Waals surface area contributed by atoms with E-state index in [1.807, 2.05) is 6.92 Å². The highest BCUT2D eigenvalue weighted by atomic mass is 16.5. The fraction of sp³-hybridized carbons (Fsp3) is 0.786. The fourth-order valence-corrected chi connectivity index (χ4v) is 3.02. The lowest BCUT2D eigenvalue weighted by molar-refractivity contribution is -0.118. The summed E-state index contributed by atoms with van der Waals surface area (Å²) in [6, 6.07) is 0. The molecule has 0 aromatic carbocycles. The molecule has 1 heterocycles. The van der Waals surface area contributed by atoms with E-state index in [0.29, 0.717) is 36.0 Å². The van der Waals surface area contributed by atoms with Crippen LogP contribution in [0.2, 0.25) is 0 Å².